The Morgan fingerprint density at radius 1 is 1.42 bits per heavy atom. The number of hydrogen-bond donors (Lipinski definition) is 2. The molecule has 0 spiro atoms. The molecule has 0 unspecified atom stereocenters. The van der Waals surface area contributed by atoms with Gasteiger partial charge >= 0.3 is 0 Å². The molecule has 3 aromatic rings. The fraction of sp³-hybridized carbons (Fsp3) is 0.353. The normalized spacial score (nSPS) is 12.5. The first-order valence-corrected chi connectivity index (χ1v) is 7.89. The standard InChI is InChI=1S/C17H21N5O2/c1-11-20-16(21-24-11)7-8-22(2)17(23)14(18)9-12-10-19-15-6-4-3-5-13(12)15/h3-6,10,14,19H,7-9,18H2,1-2H3/t14-/m0/s1. The summed E-state index contributed by atoms with van der Waals surface area (Å²) in [5.74, 6) is 1.02. The maximum Gasteiger partial charge on any atom is 0.239 e. The predicted octanol–water partition coefficient (Wildman–Crippen LogP) is 1.43. The van der Waals surface area contributed by atoms with Gasteiger partial charge in [0.15, 0.2) is 5.82 Å². The number of aryl methyl sites for hydroxylation is 1. The van der Waals surface area contributed by atoms with Crippen molar-refractivity contribution < 1.29 is 9.32 Å². The first-order valence-electron chi connectivity index (χ1n) is 7.89. The van der Waals surface area contributed by atoms with Gasteiger partial charge in [-0.3, -0.25) is 4.79 Å². The highest BCUT2D eigenvalue weighted by atomic mass is 16.5. The molecule has 7 heteroatoms. The number of rotatable bonds is 6. The van der Waals surface area contributed by atoms with Gasteiger partial charge in [-0.25, -0.2) is 0 Å². The van der Waals surface area contributed by atoms with Gasteiger partial charge in [-0.2, -0.15) is 4.98 Å². The van der Waals surface area contributed by atoms with Crippen molar-refractivity contribution in [1.82, 2.24) is 20.0 Å². The van der Waals surface area contributed by atoms with Crippen LogP contribution >= 0.6 is 0 Å². The van der Waals surface area contributed by atoms with Crippen molar-refractivity contribution in [1.29, 1.82) is 0 Å². The van der Waals surface area contributed by atoms with E-state index in [1.165, 1.54) is 0 Å². The van der Waals surface area contributed by atoms with Crippen molar-refractivity contribution >= 4 is 16.8 Å². The molecule has 0 radical (unpaired) electrons. The molecular formula is C17H21N5O2. The van der Waals surface area contributed by atoms with Gasteiger partial charge < -0.3 is 20.1 Å². The number of aromatic nitrogens is 3. The quantitative estimate of drug-likeness (QED) is 0.713. The van der Waals surface area contributed by atoms with Gasteiger partial charge in [-0.05, 0) is 18.1 Å². The summed E-state index contributed by atoms with van der Waals surface area (Å²) in [7, 11) is 1.74. The Bertz CT molecular complexity index is 838. The molecule has 2 aromatic heterocycles. The minimum absolute atomic E-state index is 0.0968. The number of aromatic amines is 1. The number of fused-ring (bicyclic) bond motifs is 1. The topological polar surface area (TPSA) is 101 Å². The van der Waals surface area contributed by atoms with Crippen molar-refractivity contribution in [3.8, 4) is 0 Å². The molecule has 0 aliphatic heterocycles. The van der Waals surface area contributed by atoms with E-state index < -0.39 is 6.04 Å². The van der Waals surface area contributed by atoms with Crippen LogP contribution in [0.1, 0.15) is 17.3 Å². The third kappa shape index (κ3) is 3.46. The average Bonchev–Trinajstić information content (AvgIpc) is 3.18. The maximum atomic E-state index is 12.5. The van der Waals surface area contributed by atoms with Crippen molar-refractivity contribution in [2.24, 2.45) is 5.73 Å². The lowest BCUT2D eigenvalue weighted by Crippen LogP contribution is -2.43. The van der Waals surface area contributed by atoms with Crippen molar-refractivity contribution in [2.45, 2.75) is 25.8 Å². The lowest BCUT2D eigenvalue weighted by Gasteiger charge is -2.20. The molecule has 2 heterocycles. The van der Waals surface area contributed by atoms with Gasteiger partial charge in [-0.1, -0.05) is 23.4 Å². The van der Waals surface area contributed by atoms with E-state index in [0.29, 0.717) is 31.1 Å². The van der Waals surface area contributed by atoms with Crippen LogP contribution in [0.4, 0.5) is 0 Å². The van der Waals surface area contributed by atoms with E-state index in [0.717, 1.165) is 16.5 Å². The third-order valence-corrected chi connectivity index (χ3v) is 4.05. The number of nitrogens with two attached hydrogens (primary N) is 1. The van der Waals surface area contributed by atoms with Crippen molar-refractivity contribution in [2.75, 3.05) is 13.6 Å². The number of carbonyl (C=O) groups is 1. The van der Waals surface area contributed by atoms with Crippen LogP contribution in [0.25, 0.3) is 10.9 Å². The van der Waals surface area contributed by atoms with E-state index in [-0.39, 0.29) is 5.91 Å². The van der Waals surface area contributed by atoms with Gasteiger partial charge in [0.05, 0.1) is 6.04 Å². The van der Waals surface area contributed by atoms with E-state index in [9.17, 15) is 4.79 Å². The molecule has 24 heavy (non-hydrogen) atoms. The van der Waals surface area contributed by atoms with Crippen molar-refractivity contribution in [3.63, 3.8) is 0 Å². The number of para-hydroxylation sites is 1. The molecule has 0 bridgehead atoms. The van der Waals surface area contributed by atoms with Crippen LogP contribution in [0.15, 0.2) is 35.0 Å². The molecule has 3 N–H and O–H groups in total. The Balaban J connectivity index is 1.59. The fourth-order valence-corrected chi connectivity index (χ4v) is 2.73. The zero-order valence-electron chi connectivity index (χ0n) is 13.8. The first-order chi connectivity index (χ1) is 11.5. The van der Waals surface area contributed by atoms with Crippen LogP contribution in [0.5, 0.6) is 0 Å². The molecule has 0 aliphatic rings. The Hall–Kier alpha value is -2.67. The minimum Gasteiger partial charge on any atom is -0.361 e. The minimum atomic E-state index is -0.582. The number of benzene rings is 1. The fourth-order valence-electron chi connectivity index (χ4n) is 2.73. The number of carbonyl (C=O) groups excluding carboxylic acids is 1. The zero-order chi connectivity index (χ0) is 17.1. The van der Waals surface area contributed by atoms with Gasteiger partial charge in [0.25, 0.3) is 0 Å². The summed E-state index contributed by atoms with van der Waals surface area (Å²) < 4.78 is 4.92. The van der Waals surface area contributed by atoms with E-state index in [1.54, 1.807) is 18.9 Å². The Morgan fingerprint density at radius 2 is 2.21 bits per heavy atom. The number of nitrogens with zero attached hydrogens (tertiary/aromatic N) is 3. The summed E-state index contributed by atoms with van der Waals surface area (Å²) in [6, 6.07) is 7.40. The summed E-state index contributed by atoms with van der Waals surface area (Å²) in [5, 5.41) is 4.93. The SMILES string of the molecule is Cc1nc(CCN(C)C(=O)[C@@H](N)Cc2c[nH]c3ccccc23)no1. The van der Waals surface area contributed by atoms with E-state index in [4.69, 9.17) is 10.3 Å². The third-order valence-electron chi connectivity index (χ3n) is 4.05. The number of nitrogens with one attached hydrogen (secondary N) is 1. The number of likely N-dealkylation sites (N-methyl/N-ethyl adjacent to an activating group) is 1. The summed E-state index contributed by atoms with van der Waals surface area (Å²) in [6.07, 6.45) is 2.95. The Labute approximate surface area is 139 Å². The maximum absolute atomic E-state index is 12.5. The number of amides is 1. The van der Waals surface area contributed by atoms with Crippen LogP contribution < -0.4 is 5.73 Å². The summed E-state index contributed by atoms with van der Waals surface area (Å²) in [6.45, 7) is 2.24. The predicted molar refractivity (Wildman–Crippen MR) is 90.4 cm³/mol. The van der Waals surface area contributed by atoms with Gasteiger partial charge in [0.2, 0.25) is 11.8 Å². The summed E-state index contributed by atoms with van der Waals surface area (Å²) >= 11 is 0. The second-order valence-electron chi connectivity index (χ2n) is 5.91. The molecule has 1 atom stereocenters. The van der Waals surface area contributed by atoms with Crippen LogP contribution in [0, 0.1) is 6.92 Å². The monoisotopic (exact) mass is 327 g/mol. The van der Waals surface area contributed by atoms with Gasteiger partial charge in [0.1, 0.15) is 0 Å². The van der Waals surface area contributed by atoms with Crippen LogP contribution in [0.3, 0.4) is 0 Å². The molecule has 7 nitrogen and oxygen atoms in total. The summed E-state index contributed by atoms with van der Waals surface area (Å²) in [5.41, 5.74) is 8.22. The number of hydrogen-bond acceptors (Lipinski definition) is 5. The van der Waals surface area contributed by atoms with Crippen LogP contribution in [-0.4, -0.2) is 45.6 Å². The largest absolute Gasteiger partial charge is 0.361 e. The lowest BCUT2D eigenvalue weighted by molar-refractivity contribution is -0.131. The lowest BCUT2D eigenvalue weighted by atomic mass is 10.0. The molecule has 0 saturated carbocycles. The van der Waals surface area contributed by atoms with Crippen LogP contribution in [0.2, 0.25) is 0 Å². The second kappa shape index (κ2) is 6.84. The highest BCUT2D eigenvalue weighted by Crippen LogP contribution is 2.19. The highest BCUT2D eigenvalue weighted by molar-refractivity contribution is 5.86. The molecule has 1 amide bonds. The van der Waals surface area contributed by atoms with E-state index >= 15 is 0 Å². The Kier molecular flexibility index (Phi) is 4.61. The summed E-state index contributed by atoms with van der Waals surface area (Å²) in [4.78, 5) is 21.4. The second-order valence-corrected chi connectivity index (χ2v) is 5.91. The van der Waals surface area contributed by atoms with Crippen molar-refractivity contribution in [3.05, 3.63) is 47.7 Å². The molecule has 1 aromatic carbocycles. The van der Waals surface area contributed by atoms with Gasteiger partial charge in [-0.15, -0.1) is 0 Å². The highest BCUT2D eigenvalue weighted by Gasteiger charge is 2.20. The van der Waals surface area contributed by atoms with Crippen LogP contribution in [-0.2, 0) is 17.6 Å². The van der Waals surface area contributed by atoms with Gasteiger partial charge in [0, 0.05) is 44.0 Å². The number of H-pyrrole nitrogens is 1. The van der Waals surface area contributed by atoms with E-state index in [2.05, 4.69) is 15.1 Å². The van der Waals surface area contributed by atoms with E-state index in [1.807, 2.05) is 30.5 Å². The zero-order valence-corrected chi connectivity index (χ0v) is 13.8. The molecule has 0 fully saturated rings. The molecular weight excluding hydrogens is 306 g/mol. The average molecular weight is 327 g/mol. The molecule has 0 aliphatic carbocycles. The molecule has 126 valence electrons. The molecule has 3 rings (SSSR count). The Morgan fingerprint density at radius 3 is 2.96 bits per heavy atom. The smallest absolute Gasteiger partial charge is 0.239 e. The molecule has 0 saturated heterocycles. The first kappa shape index (κ1) is 16.2.